The Labute approximate surface area is 195 Å². The van der Waals surface area contributed by atoms with E-state index in [1.54, 1.807) is 6.07 Å². The molecule has 1 aromatic carbocycles. The minimum Gasteiger partial charge on any atom is -0.355 e. The number of carbonyl (C=O) groups excluding carboxylic acids is 1. The molecule has 0 unspecified atom stereocenters. The number of carbonyl (C=O) groups is 1. The van der Waals surface area contributed by atoms with Crippen molar-refractivity contribution in [3.05, 3.63) is 52.8 Å². The monoisotopic (exact) mass is 472 g/mol. The predicted molar refractivity (Wildman–Crippen MR) is 120 cm³/mol. The normalized spacial score (nSPS) is 18.1. The van der Waals surface area contributed by atoms with E-state index in [1.807, 2.05) is 11.8 Å². The third kappa shape index (κ3) is 4.45. The second-order valence-corrected chi connectivity index (χ2v) is 9.21. The Morgan fingerprint density at radius 1 is 1.06 bits per heavy atom. The van der Waals surface area contributed by atoms with Gasteiger partial charge >= 0.3 is 6.18 Å². The number of fused-ring (bicyclic) bond motifs is 2. The van der Waals surface area contributed by atoms with Crippen LogP contribution in [0.1, 0.15) is 61.2 Å². The van der Waals surface area contributed by atoms with Gasteiger partial charge in [0.05, 0.1) is 6.04 Å². The van der Waals surface area contributed by atoms with E-state index in [2.05, 4.69) is 38.8 Å². The first-order valence-electron chi connectivity index (χ1n) is 11.8. The highest BCUT2D eigenvalue weighted by Crippen LogP contribution is 2.29. The van der Waals surface area contributed by atoms with Crippen molar-refractivity contribution in [2.24, 2.45) is 5.92 Å². The summed E-state index contributed by atoms with van der Waals surface area (Å²) < 4.78 is 40.2. The molecule has 5 rings (SSSR count). The summed E-state index contributed by atoms with van der Waals surface area (Å²) in [6, 6.07) is 9.57. The molecular formula is C24H27F3N6O. The molecule has 0 spiro atoms. The van der Waals surface area contributed by atoms with Gasteiger partial charge in [-0.3, -0.25) is 4.79 Å². The Morgan fingerprint density at radius 2 is 1.79 bits per heavy atom. The van der Waals surface area contributed by atoms with Gasteiger partial charge < -0.3 is 10.2 Å². The topological polar surface area (TPSA) is 75.4 Å². The van der Waals surface area contributed by atoms with Gasteiger partial charge in [0.1, 0.15) is 5.82 Å². The van der Waals surface area contributed by atoms with Crippen LogP contribution < -0.4 is 10.2 Å². The first-order chi connectivity index (χ1) is 16.3. The highest BCUT2D eigenvalue weighted by atomic mass is 19.4. The molecule has 3 heterocycles. The number of aromatic nitrogens is 4. The first kappa shape index (κ1) is 22.6. The van der Waals surface area contributed by atoms with E-state index in [-0.39, 0.29) is 23.5 Å². The van der Waals surface area contributed by atoms with Crippen LogP contribution in [0.25, 0.3) is 5.65 Å². The van der Waals surface area contributed by atoms with Gasteiger partial charge in [-0.25, -0.2) is 0 Å². The predicted octanol–water partition coefficient (Wildman–Crippen LogP) is 4.12. The highest BCUT2D eigenvalue weighted by molar-refractivity contribution is 5.79. The van der Waals surface area contributed by atoms with Crippen LogP contribution in [-0.2, 0) is 23.8 Å². The van der Waals surface area contributed by atoms with Crippen molar-refractivity contribution in [2.75, 3.05) is 18.0 Å². The Hall–Kier alpha value is -3.17. The SMILES string of the molecule is C[C@H](NC(=O)C1CCN(c2ccc3nnc(C(F)(F)F)n3n2)CC1)c1ccc2c(c1)CCCC2. The number of amides is 1. The van der Waals surface area contributed by atoms with Crippen LogP contribution in [0.5, 0.6) is 0 Å². The maximum absolute atomic E-state index is 13.2. The molecule has 1 amide bonds. The molecule has 1 aliphatic heterocycles. The summed E-state index contributed by atoms with van der Waals surface area (Å²) in [7, 11) is 0. The van der Waals surface area contributed by atoms with Crippen molar-refractivity contribution in [1.82, 2.24) is 25.1 Å². The Balaban J connectivity index is 1.21. The number of halogens is 3. The van der Waals surface area contributed by atoms with Crippen molar-refractivity contribution in [3.63, 3.8) is 0 Å². The fourth-order valence-electron chi connectivity index (χ4n) is 4.93. The summed E-state index contributed by atoms with van der Waals surface area (Å²) in [5.74, 6) is -0.846. The molecule has 1 N–H and O–H groups in total. The van der Waals surface area contributed by atoms with Crippen LogP contribution >= 0.6 is 0 Å². The zero-order valence-corrected chi connectivity index (χ0v) is 19.0. The number of benzene rings is 1. The molecule has 1 fully saturated rings. The molecule has 1 aliphatic carbocycles. The van der Waals surface area contributed by atoms with Gasteiger partial charge in [0.25, 0.3) is 5.82 Å². The molecule has 10 heteroatoms. The average Bonchev–Trinajstić information content (AvgIpc) is 3.28. The number of alkyl halides is 3. The van der Waals surface area contributed by atoms with Gasteiger partial charge in [-0.15, -0.1) is 15.3 Å². The van der Waals surface area contributed by atoms with Crippen LogP contribution in [0.15, 0.2) is 30.3 Å². The lowest BCUT2D eigenvalue weighted by molar-refractivity contribution is -0.146. The van der Waals surface area contributed by atoms with Gasteiger partial charge in [-0.2, -0.15) is 17.7 Å². The largest absolute Gasteiger partial charge is 0.453 e. The highest BCUT2D eigenvalue weighted by Gasteiger charge is 2.38. The molecule has 180 valence electrons. The van der Waals surface area contributed by atoms with E-state index >= 15 is 0 Å². The lowest BCUT2D eigenvalue weighted by Crippen LogP contribution is -2.41. The summed E-state index contributed by atoms with van der Waals surface area (Å²) in [5.41, 5.74) is 3.98. The van der Waals surface area contributed by atoms with Crippen LogP contribution in [0, 0.1) is 5.92 Å². The minimum absolute atomic E-state index is 0.0199. The Kier molecular flexibility index (Phi) is 5.91. The number of aryl methyl sites for hydroxylation is 2. The lowest BCUT2D eigenvalue weighted by atomic mass is 9.89. The van der Waals surface area contributed by atoms with E-state index in [1.165, 1.54) is 30.0 Å². The molecule has 0 bridgehead atoms. The number of rotatable bonds is 4. The molecule has 2 aliphatic rings. The molecule has 7 nitrogen and oxygen atoms in total. The van der Waals surface area contributed by atoms with Gasteiger partial charge in [0, 0.05) is 19.0 Å². The standard InChI is InChI=1S/C24H27F3N6O/c1-15(18-7-6-16-4-2-3-5-19(16)14-18)28-22(34)17-10-12-32(13-11-17)21-9-8-20-29-30-23(24(25,26)27)33(20)31-21/h6-9,14-15,17H,2-5,10-13H2,1H3,(H,28,34)/t15-/m0/s1. The molecule has 34 heavy (non-hydrogen) atoms. The summed E-state index contributed by atoms with van der Waals surface area (Å²) in [4.78, 5) is 14.8. The quantitative estimate of drug-likeness (QED) is 0.619. The fourth-order valence-corrected chi connectivity index (χ4v) is 4.93. The summed E-state index contributed by atoms with van der Waals surface area (Å²) in [6.45, 7) is 3.08. The van der Waals surface area contributed by atoms with Crippen molar-refractivity contribution in [3.8, 4) is 0 Å². The number of nitrogens with zero attached hydrogens (tertiary/aromatic N) is 5. The number of hydrogen-bond acceptors (Lipinski definition) is 5. The van der Waals surface area contributed by atoms with Gasteiger partial charge in [-0.1, -0.05) is 18.2 Å². The Morgan fingerprint density at radius 3 is 2.53 bits per heavy atom. The van der Waals surface area contributed by atoms with Gasteiger partial charge in [0.2, 0.25) is 5.91 Å². The molecule has 2 aromatic heterocycles. The maximum Gasteiger partial charge on any atom is 0.453 e. The number of piperidine rings is 1. The zero-order chi connectivity index (χ0) is 23.9. The smallest absolute Gasteiger partial charge is 0.355 e. The molecule has 1 atom stereocenters. The maximum atomic E-state index is 13.2. The van der Waals surface area contributed by atoms with Crippen molar-refractivity contribution < 1.29 is 18.0 Å². The van der Waals surface area contributed by atoms with Crippen LogP contribution in [0.2, 0.25) is 0 Å². The zero-order valence-electron chi connectivity index (χ0n) is 19.0. The van der Waals surface area contributed by atoms with Crippen LogP contribution in [0.3, 0.4) is 0 Å². The Bertz CT molecular complexity index is 1200. The average molecular weight is 473 g/mol. The van der Waals surface area contributed by atoms with Crippen LogP contribution in [-0.4, -0.2) is 38.8 Å². The third-order valence-electron chi connectivity index (χ3n) is 6.92. The molecule has 0 saturated carbocycles. The minimum atomic E-state index is -4.63. The van der Waals surface area contributed by atoms with E-state index in [0.29, 0.717) is 31.7 Å². The van der Waals surface area contributed by atoms with Gasteiger partial charge in [0.15, 0.2) is 5.65 Å². The summed E-state index contributed by atoms with van der Waals surface area (Å²) in [6.07, 6.45) is 1.27. The fraction of sp³-hybridized carbons (Fsp3) is 0.500. The van der Waals surface area contributed by atoms with E-state index < -0.39 is 12.0 Å². The van der Waals surface area contributed by atoms with Crippen molar-refractivity contribution in [1.29, 1.82) is 0 Å². The summed E-state index contributed by atoms with van der Waals surface area (Å²) in [5, 5.41) is 14.0. The van der Waals surface area contributed by atoms with E-state index in [0.717, 1.165) is 22.9 Å². The lowest BCUT2D eigenvalue weighted by Gasteiger charge is -2.32. The van der Waals surface area contributed by atoms with Gasteiger partial charge in [-0.05, 0) is 74.3 Å². The van der Waals surface area contributed by atoms with E-state index in [9.17, 15) is 18.0 Å². The summed E-state index contributed by atoms with van der Waals surface area (Å²) >= 11 is 0. The number of hydrogen-bond donors (Lipinski definition) is 1. The van der Waals surface area contributed by atoms with Crippen molar-refractivity contribution in [2.45, 2.75) is 57.7 Å². The molecular weight excluding hydrogens is 445 g/mol. The number of anilines is 1. The second-order valence-electron chi connectivity index (χ2n) is 9.21. The molecule has 0 radical (unpaired) electrons. The molecule has 3 aromatic rings. The van der Waals surface area contributed by atoms with Crippen LogP contribution in [0.4, 0.5) is 19.0 Å². The number of nitrogens with one attached hydrogen (secondary N) is 1. The third-order valence-corrected chi connectivity index (χ3v) is 6.92. The van der Waals surface area contributed by atoms with Crippen molar-refractivity contribution >= 4 is 17.4 Å². The van der Waals surface area contributed by atoms with E-state index in [4.69, 9.17) is 0 Å². The molecule has 1 saturated heterocycles. The first-order valence-corrected chi connectivity index (χ1v) is 11.8. The second kappa shape index (κ2) is 8.88.